The van der Waals surface area contributed by atoms with E-state index in [1.165, 1.54) is 0 Å². The van der Waals surface area contributed by atoms with Crippen LogP contribution in [0.5, 0.6) is 0 Å². The van der Waals surface area contributed by atoms with Crippen LogP contribution in [0.15, 0.2) is 48.7 Å². The highest BCUT2D eigenvalue weighted by atomic mass is 16.3. The van der Waals surface area contributed by atoms with E-state index in [1.807, 2.05) is 30.3 Å². The summed E-state index contributed by atoms with van der Waals surface area (Å²) in [6.45, 7) is 0.0354. The van der Waals surface area contributed by atoms with Crippen LogP contribution in [-0.2, 0) is 6.61 Å². The number of anilines is 1. The second-order valence-electron chi connectivity index (χ2n) is 9.03. The molecule has 5 heteroatoms. The number of fused-ring (bicyclic) bond motifs is 1. The van der Waals surface area contributed by atoms with Crippen LogP contribution >= 0.6 is 0 Å². The Morgan fingerprint density at radius 3 is 2.39 bits per heavy atom. The Balaban J connectivity index is 1.57. The lowest BCUT2D eigenvalue weighted by atomic mass is 9.91. The molecule has 0 radical (unpaired) electrons. The van der Waals surface area contributed by atoms with Gasteiger partial charge in [0.05, 0.1) is 23.4 Å². The molecular formula is C26H29N3O2. The van der Waals surface area contributed by atoms with Crippen LogP contribution in [0.4, 0.5) is 5.69 Å². The lowest BCUT2D eigenvalue weighted by molar-refractivity contribution is 0.0968. The molecule has 5 nitrogen and oxygen atoms in total. The zero-order chi connectivity index (χ0) is 21.4. The van der Waals surface area contributed by atoms with Gasteiger partial charge in [-0.15, -0.1) is 0 Å². The Kier molecular flexibility index (Phi) is 5.47. The van der Waals surface area contributed by atoms with Crippen LogP contribution in [-0.4, -0.2) is 28.0 Å². The normalized spacial score (nSPS) is 21.2. The molecule has 1 aromatic heterocycles. The lowest BCUT2D eigenvalue weighted by Gasteiger charge is -2.29. The number of rotatable bonds is 6. The molecule has 31 heavy (non-hydrogen) atoms. The molecule has 2 aliphatic rings. The van der Waals surface area contributed by atoms with Crippen molar-refractivity contribution in [1.82, 2.24) is 4.98 Å². The molecule has 160 valence electrons. The van der Waals surface area contributed by atoms with Crippen molar-refractivity contribution in [2.75, 3.05) is 5.32 Å². The van der Waals surface area contributed by atoms with Crippen molar-refractivity contribution in [3.63, 3.8) is 0 Å². The molecule has 2 saturated carbocycles. The second-order valence-corrected chi connectivity index (χ2v) is 9.03. The number of aromatic nitrogens is 1. The fourth-order valence-corrected chi connectivity index (χ4v) is 4.55. The number of aliphatic hydroxyl groups is 1. The lowest BCUT2D eigenvalue weighted by Crippen LogP contribution is -2.33. The zero-order valence-corrected chi connectivity index (χ0v) is 17.7. The first-order valence-corrected chi connectivity index (χ1v) is 11.3. The van der Waals surface area contributed by atoms with Crippen molar-refractivity contribution in [3.05, 3.63) is 59.8 Å². The minimum atomic E-state index is 0.0354. The van der Waals surface area contributed by atoms with Gasteiger partial charge in [-0.2, -0.15) is 0 Å². The summed E-state index contributed by atoms with van der Waals surface area (Å²) in [5.74, 6) is 0.357. The van der Waals surface area contributed by atoms with Gasteiger partial charge < -0.3 is 16.2 Å². The van der Waals surface area contributed by atoms with Gasteiger partial charge in [-0.05, 0) is 67.3 Å². The summed E-state index contributed by atoms with van der Waals surface area (Å²) in [5.41, 5.74) is 11.7. The van der Waals surface area contributed by atoms with E-state index >= 15 is 0 Å². The Labute approximate surface area is 182 Å². The van der Waals surface area contributed by atoms with Crippen molar-refractivity contribution in [2.45, 2.75) is 57.2 Å². The highest BCUT2D eigenvalue weighted by Gasteiger charge is 2.33. The fourth-order valence-electron chi connectivity index (χ4n) is 4.55. The quantitative estimate of drug-likeness (QED) is 0.509. The molecule has 0 aliphatic heterocycles. The summed E-state index contributed by atoms with van der Waals surface area (Å²) >= 11 is 0. The summed E-state index contributed by atoms with van der Waals surface area (Å²) in [6.07, 6.45) is 7.77. The SMILES string of the molecule is N[C@H]1CC[C@H](Nc2c(C(=O)C3CC3)cnc3ccc(-c4ccc(CO)cc4)cc23)CC1. The Morgan fingerprint density at radius 1 is 1.00 bits per heavy atom. The van der Waals surface area contributed by atoms with Gasteiger partial charge >= 0.3 is 0 Å². The number of pyridine rings is 1. The predicted octanol–water partition coefficient (Wildman–Crippen LogP) is 4.67. The first-order chi connectivity index (χ1) is 15.1. The summed E-state index contributed by atoms with van der Waals surface area (Å²) in [7, 11) is 0. The van der Waals surface area contributed by atoms with Crippen LogP contribution in [0.2, 0.25) is 0 Å². The van der Waals surface area contributed by atoms with Gasteiger partial charge in [0, 0.05) is 29.6 Å². The van der Waals surface area contributed by atoms with Gasteiger partial charge in [-0.25, -0.2) is 0 Å². The van der Waals surface area contributed by atoms with Crippen molar-refractivity contribution in [2.24, 2.45) is 11.7 Å². The highest BCUT2D eigenvalue weighted by molar-refractivity contribution is 6.10. The number of Topliss-reactive ketones (excluding diaryl/α,β-unsaturated/α-hetero) is 1. The van der Waals surface area contributed by atoms with Gasteiger partial charge in [-0.1, -0.05) is 30.3 Å². The summed E-state index contributed by atoms with van der Waals surface area (Å²) in [5, 5.41) is 14.0. The van der Waals surface area contributed by atoms with Gasteiger partial charge in [0.15, 0.2) is 5.78 Å². The number of nitrogens with two attached hydrogens (primary N) is 1. The fraction of sp³-hybridized carbons (Fsp3) is 0.385. The van der Waals surface area contributed by atoms with Gasteiger partial charge in [-0.3, -0.25) is 9.78 Å². The topological polar surface area (TPSA) is 88.2 Å². The molecule has 5 rings (SSSR count). The van der Waals surface area contributed by atoms with E-state index in [0.717, 1.165) is 77.4 Å². The third-order valence-corrected chi connectivity index (χ3v) is 6.67. The van der Waals surface area contributed by atoms with Crippen molar-refractivity contribution in [3.8, 4) is 11.1 Å². The second kappa shape index (κ2) is 8.40. The molecule has 0 spiro atoms. The Hall–Kier alpha value is -2.76. The van der Waals surface area contributed by atoms with Crippen molar-refractivity contribution in [1.29, 1.82) is 0 Å². The molecule has 0 unspecified atom stereocenters. The number of carbonyl (C=O) groups is 1. The Morgan fingerprint density at radius 2 is 1.71 bits per heavy atom. The maximum absolute atomic E-state index is 13.1. The van der Waals surface area contributed by atoms with E-state index in [4.69, 9.17) is 5.73 Å². The van der Waals surface area contributed by atoms with Crippen LogP contribution in [0.3, 0.4) is 0 Å². The molecular weight excluding hydrogens is 386 g/mol. The van der Waals surface area contributed by atoms with Crippen LogP contribution in [0.25, 0.3) is 22.0 Å². The number of ketones is 1. The number of benzene rings is 2. The third kappa shape index (κ3) is 4.21. The van der Waals surface area contributed by atoms with Gasteiger partial charge in [0.2, 0.25) is 0 Å². The first kappa shape index (κ1) is 20.2. The van der Waals surface area contributed by atoms with E-state index in [1.54, 1.807) is 6.20 Å². The Bertz CT molecular complexity index is 1100. The average molecular weight is 416 g/mol. The maximum atomic E-state index is 13.1. The highest BCUT2D eigenvalue weighted by Crippen LogP contribution is 2.38. The van der Waals surface area contributed by atoms with E-state index < -0.39 is 0 Å². The zero-order valence-electron chi connectivity index (χ0n) is 17.7. The van der Waals surface area contributed by atoms with Crippen LogP contribution in [0, 0.1) is 5.92 Å². The smallest absolute Gasteiger partial charge is 0.169 e. The summed E-state index contributed by atoms with van der Waals surface area (Å²) in [4.78, 5) is 17.7. The molecule has 1 heterocycles. The number of carbonyl (C=O) groups excluding carboxylic acids is 1. The number of nitrogens with one attached hydrogen (secondary N) is 1. The molecule has 0 bridgehead atoms. The number of aliphatic hydroxyl groups excluding tert-OH is 1. The van der Waals surface area contributed by atoms with Crippen molar-refractivity contribution < 1.29 is 9.90 Å². The predicted molar refractivity (Wildman–Crippen MR) is 124 cm³/mol. The van der Waals surface area contributed by atoms with E-state index in [9.17, 15) is 9.90 Å². The minimum absolute atomic E-state index is 0.0354. The summed E-state index contributed by atoms with van der Waals surface area (Å²) in [6, 6.07) is 14.8. The van der Waals surface area contributed by atoms with Gasteiger partial charge in [0.1, 0.15) is 0 Å². The number of nitrogens with zero attached hydrogens (tertiary/aromatic N) is 1. The molecule has 0 atom stereocenters. The molecule has 2 aliphatic carbocycles. The molecule has 0 amide bonds. The molecule has 2 aromatic carbocycles. The number of hydrogen-bond donors (Lipinski definition) is 3. The standard InChI is InChI=1S/C26H29N3O2/c27-20-8-10-21(11-9-20)29-25-22-13-19(17-3-1-16(15-30)2-4-17)7-12-24(22)28-14-23(25)26(31)18-5-6-18/h1-4,7,12-14,18,20-21,30H,5-6,8-11,15,27H2,(H,28,29)/t20-,21-. The van der Waals surface area contributed by atoms with Gasteiger partial charge in [0.25, 0.3) is 0 Å². The molecule has 0 saturated heterocycles. The summed E-state index contributed by atoms with van der Waals surface area (Å²) < 4.78 is 0. The molecule has 4 N–H and O–H groups in total. The van der Waals surface area contributed by atoms with E-state index in [2.05, 4.69) is 22.4 Å². The van der Waals surface area contributed by atoms with Crippen LogP contribution < -0.4 is 11.1 Å². The van der Waals surface area contributed by atoms with E-state index in [-0.39, 0.29) is 24.3 Å². The van der Waals surface area contributed by atoms with E-state index in [0.29, 0.717) is 6.04 Å². The van der Waals surface area contributed by atoms with Crippen molar-refractivity contribution >= 4 is 22.4 Å². The minimum Gasteiger partial charge on any atom is -0.392 e. The first-order valence-electron chi connectivity index (χ1n) is 11.3. The maximum Gasteiger partial charge on any atom is 0.169 e. The largest absolute Gasteiger partial charge is 0.392 e. The van der Waals surface area contributed by atoms with Crippen LogP contribution in [0.1, 0.15) is 54.4 Å². The number of hydrogen-bond acceptors (Lipinski definition) is 5. The molecule has 3 aromatic rings. The monoisotopic (exact) mass is 415 g/mol. The average Bonchev–Trinajstić information content (AvgIpc) is 3.66. The molecule has 2 fully saturated rings. The third-order valence-electron chi connectivity index (χ3n) is 6.67.